The lowest BCUT2D eigenvalue weighted by atomic mass is 9.89. The summed E-state index contributed by atoms with van der Waals surface area (Å²) in [5, 5.41) is 21.9. The molecule has 0 bridgehead atoms. The van der Waals surface area contributed by atoms with Crippen LogP contribution in [-0.2, 0) is 24.7 Å². The molecule has 1 amide bonds. The zero-order valence-electron chi connectivity index (χ0n) is 22.9. The third-order valence-corrected chi connectivity index (χ3v) is 10.5. The summed E-state index contributed by atoms with van der Waals surface area (Å²) in [6.45, 7) is 0.997. The second-order valence-electron chi connectivity index (χ2n) is 10.2. The van der Waals surface area contributed by atoms with Gasteiger partial charge >= 0.3 is 6.36 Å². The number of piperidine rings is 1. The average Bonchev–Trinajstić information content (AvgIpc) is 3.25. The minimum Gasteiger partial charge on any atom is -0.406 e. The Morgan fingerprint density at radius 3 is 2.47 bits per heavy atom. The number of hydrogen-bond donors (Lipinski definition) is 3. The van der Waals surface area contributed by atoms with Crippen molar-refractivity contribution in [2.75, 3.05) is 25.4 Å². The van der Waals surface area contributed by atoms with Crippen molar-refractivity contribution in [2.45, 2.75) is 49.1 Å². The highest BCUT2D eigenvalue weighted by molar-refractivity contribution is 7.92. The molecule has 2 aromatic carbocycles. The van der Waals surface area contributed by atoms with E-state index >= 15 is 0 Å². The highest BCUT2D eigenvalue weighted by atomic mass is 32.2. The molecule has 16 heteroatoms. The number of rotatable bonds is 10. The number of halogens is 3. The average molecular weight is 646 g/mol. The number of amidine groups is 1. The second kappa shape index (κ2) is 12.4. The van der Waals surface area contributed by atoms with E-state index in [1.807, 2.05) is 0 Å². The summed E-state index contributed by atoms with van der Waals surface area (Å²) in [7, 11) is -7.66. The normalized spacial score (nSPS) is 18.6. The van der Waals surface area contributed by atoms with Crippen LogP contribution < -0.4 is 10.1 Å². The first-order chi connectivity index (χ1) is 20.0. The minimum atomic E-state index is -4.89. The predicted octanol–water partition coefficient (Wildman–Crippen LogP) is 2.12. The Morgan fingerprint density at radius 2 is 1.84 bits per heavy atom. The zero-order chi connectivity index (χ0) is 31.6. The number of carbonyl (C=O) groups excluding carboxylic acids is 1. The summed E-state index contributed by atoms with van der Waals surface area (Å²) in [6, 6.07) is 9.22. The van der Waals surface area contributed by atoms with Crippen molar-refractivity contribution < 1.29 is 49.8 Å². The van der Waals surface area contributed by atoms with E-state index in [0.29, 0.717) is 11.1 Å². The molecule has 0 unspecified atom stereocenters. The zero-order valence-corrected chi connectivity index (χ0v) is 24.5. The van der Waals surface area contributed by atoms with Crippen molar-refractivity contribution in [2.24, 2.45) is 4.99 Å². The van der Waals surface area contributed by atoms with Crippen molar-refractivity contribution >= 4 is 37.7 Å². The Morgan fingerprint density at radius 1 is 1.14 bits per heavy atom. The summed E-state index contributed by atoms with van der Waals surface area (Å²) in [5.41, 5.74) is -0.0895. The molecule has 2 aliphatic rings. The third kappa shape index (κ3) is 7.80. The third-order valence-electron chi connectivity index (χ3n) is 7.18. The van der Waals surface area contributed by atoms with Gasteiger partial charge in [0.1, 0.15) is 17.1 Å². The first-order valence-corrected chi connectivity index (χ1v) is 16.3. The van der Waals surface area contributed by atoms with Crippen LogP contribution in [0.1, 0.15) is 36.0 Å². The fraction of sp³-hybridized carbons (Fsp3) is 0.407. The molecule has 3 N–H and O–H groups in total. The Balaban J connectivity index is 1.43. The molecule has 1 atom stereocenters. The largest absolute Gasteiger partial charge is 0.573 e. The summed E-state index contributed by atoms with van der Waals surface area (Å²) in [4.78, 5) is 17.3. The maximum atomic E-state index is 13.1. The number of ether oxygens (including phenoxy) is 1. The molecule has 2 heterocycles. The van der Waals surface area contributed by atoms with Gasteiger partial charge in [0.05, 0.1) is 23.4 Å². The number of hydrogen-bond acceptors (Lipinski definition) is 9. The van der Waals surface area contributed by atoms with Gasteiger partial charge in [0.25, 0.3) is 5.91 Å². The number of aliphatic imine (C=N–C) groups is 1. The lowest BCUT2D eigenvalue weighted by molar-refractivity contribution is -0.274. The Bertz CT molecular complexity index is 1650. The lowest BCUT2D eigenvalue weighted by Crippen LogP contribution is -2.50. The summed E-state index contributed by atoms with van der Waals surface area (Å²) in [5.74, 6) is -1.25. The molecule has 43 heavy (non-hydrogen) atoms. The van der Waals surface area contributed by atoms with Crippen LogP contribution in [0.4, 0.5) is 13.2 Å². The number of alkyl halides is 3. The summed E-state index contributed by atoms with van der Waals surface area (Å²) in [6.07, 6.45) is -4.73. The maximum absolute atomic E-state index is 13.1. The van der Waals surface area contributed by atoms with Gasteiger partial charge in [0.15, 0.2) is 9.84 Å². The smallest absolute Gasteiger partial charge is 0.406 e. The van der Waals surface area contributed by atoms with E-state index in [0.717, 1.165) is 17.5 Å². The van der Waals surface area contributed by atoms with Gasteiger partial charge in [-0.25, -0.2) is 16.8 Å². The van der Waals surface area contributed by atoms with Crippen LogP contribution in [-0.4, -0.2) is 86.6 Å². The predicted molar refractivity (Wildman–Crippen MR) is 150 cm³/mol. The number of sulfone groups is 1. The summed E-state index contributed by atoms with van der Waals surface area (Å²) < 4.78 is 94.1. The number of aliphatic hydroxyl groups excluding tert-OH is 2. The molecule has 0 aliphatic carbocycles. The van der Waals surface area contributed by atoms with Crippen LogP contribution in [0.15, 0.2) is 57.8 Å². The molecule has 4 rings (SSSR count). The summed E-state index contributed by atoms with van der Waals surface area (Å²) >= 11 is 0. The van der Waals surface area contributed by atoms with Gasteiger partial charge in [-0.3, -0.25) is 9.79 Å². The van der Waals surface area contributed by atoms with Gasteiger partial charge < -0.3 is 20.3 Å². The van der Waals surface area contributed by atoms with Gasteiger partial charge in [-0.1, -0.05) is 18.2 Å². The van der Waals surface area contributed by atoms with E-state index in [2.05, 4.69) is 15.0 Å². The molecule has 1 spiro atoms. The van der Waals surface area contributed by atoms with E-state index in [9.17, 15) is 39.9 Å². The number of nitrogens with one attached hydrogen (secondary N) is 1. The molecule has 0 aromatic heterocycles. The number of benzene rings is 2. The van der Waals surface area contributed by atoms with Gasteiger partial charge in [-0.2, -0.15) is 4.31 Å². The van der Waals surface area contributed by atoms with Crippen LogP contribution in [0.25, 0.3) is 6.08 Å². The Hall–Kier alpha value is -3.31. The Kier molecular flexibility index (Phi) is 9.37. The first-order valence-electron chi connectivity index (χ1n) is 13.1. The molecule has 1 fully saturated rings. The van der Waals surface area contributed by atoms with E-state index in [4.69, 9.17) is 5.11 Å². The number of sulfonamides is 1. The van der Waals surface area contributed by atoms with E-state index in [1.165, 1.54) is 40.7 Å². The number of aryl methyl sites for hydroxylation is 1. The number of carbonyl (C=O) groups is 1. The van der Waals surface area contributed by atoms with Crippen molar-refractivity contribution in [1.82, 2.24) is 9.62 Å². The van der Waals surface area contributed by atoms with E-state index in [-0.39, 0.29) is 54.4 Å². The molecular formula is C27H30F3N3O8S2. The van der Waals surface area contributed by atoms with Crippen LogP contribution >= 0.6 is 0 Å². The topological polar surface area (TPSA) is 163 Å². The Labute approximate surface area is 246 Å². The molecule has 2 aliphatic heterocycles. The monoisotopic (exact) mass is 645 g/mol. The molecule has 0 saturated carbocycles. The number of nitrogens with zero attached hydrogens (tertiary/aromatic N) is 2. The standard InChI is InChI=1S/C27H30F3N3O8S2/c1-18-15-23(42(37,38)13-8-21(35)17-34)6-5-19(18)7-14-43(39,40)33-11-9-26(10-12-33)25(36)31-24(32-26)20-3-2-4-22(16-20)41-27(28,29)30/h2-7,14-16,21,34-35H,8-13,17H2,1H3,(H,31,32,36)/b14-7+/t21-/m1/s1. The highest BCUT2D eigenvalue weighted by Crippen LogP contribution is 2.33. The van der Waals surface area contributed by atoms with Crippen LogP contribution in [0, 0.1) is 6.92 Å². The second-order valence-corrected chi connectivity index (χ2v) is 14.2. The van der Waals surface area contributed by atoms with Crippen molar-refractivity contribution in [3.05, 3.63) is 64.6 Å². The molecule has 2 aromatic rings. The van der Waals surface area contributed by atoms with Crippen molar-refractivity contribution in [3.63, 3.8) is 0 Å². The number of aliphatic hydroxyl groups is 2. The molecule has 11 nitrogen and oxygen atoms in total. The molecular weight excluding hydrogens is 615 g/mol. The molecule has 1 saturated heterocycles. The molecule has 0 radical (unpaired) electrons. The van der Waals surface area contributed by atoms with Crippen LogP contribution in [0.5, 0.6) is 5.75 Å². The fourth-order valence-corrected chi connectivity index (χ4v) is 7.35. The molecule has 234 valence electrons. The maximum Gasteiger partial charge on any atom is 0.573 e. The first kappa shape index (κ1) is 32.6. The minimum absolute atomic E-state index is 0.00541. The quantitative estimate of drug-likeness (QED) is 0.354. The van der Waals surface area contributed by atoms with Gasteiger partial charge in [-0.15, -0.1) is 13.2 Å². The number of amides is 1. The van der Waals surface area contributed by atoms with Crippen LogP contribution in [0.3, 0.4) is 0 Å². The van der Waals surface area contributed by atoms with Crippen LogP contribution in [0.2, 0.25) is 0 Å². The SMILES string of the molecule is Cc1cc(S(=O)(=O)CC[C@@H](O)CO)ccc1/C=C/S(=O)(=O)N1CCC2(CC1)N=C(c1cccc(OC(F)(F)F)c1)NC2=O. The van der Waals surface area contributed by atoms with Crippen molar-refractivity contribution in [3.8, 4) is 5.75 Å². The van der Waals surface area contributed by atoms with E-state index < -0.39 is 56.1 Å². The van der Waals surface area contributed by atoms with Gasteiger partial charge in [0.2, 0.25) is 10.0 Å². The fourth-order valence-electron chi connectivity index (χ4n) is 4.72. The van der Waals surface area contributed by atoms with Gasteiger partial charge in [0, 0.05) is 24.1 Å². The van der Waals surface area contributed by atoms with Gasteiger partial charge in [-0.05, 0) is 67.7 Å². The highest BCUT2D eigenvalue weighted by Gasteiger charge is 2.47. The van der Waals surface area contributed by atoms with E-state index in [1.54, 1.807) is 6.92 Å². The van der Waals surface area contributed by atoms with Crippen molar-refractivity contribution in [1.29, 1.82) is 0 Å². The lowest BCUT2D eigenvalue weighted by Gasteiger charge is -2.34.